The van der Waals surface area contributed by atoms with Crippen LogP contribution in [0.15, 0.2) is 36.9 Å². The molecule has 20 heavy (non-hydrogen) atoms. The van der Waals surface area contributed by atoms with Gasteiger partial charge in [0.2, 0.25) is 0 Å². The highest BCUT2D eigenvalue weighted by Gasteiger charge is 2.09. The average Bonchev–Trinajstić information content (AvgIpc) is 3.04. The summed E-state index contributed by atoms with van der Waals surface area (Å²) in [5, 5.41) is 7.13. The van der Waals surface area contributed by atoms with Gasteiger partial charge in [-0.15, -0.1) is 0 Å². The minimum Gasteiger partial charge on any atom is -0.338 e. The van der Waals surface area contributed by atoms with Crippen molar-refractivity contribution in [3.63, 3.8) is 0 Å². The Morgan fingerprint density at radius 1 is 1.35 bits per heavy atom. The summed E-state index contributed by atoms with van der Waals surface area (Å²) in [5.41, 5.74) is 0.944. The Balaban J connectivity index is 1.89. The standard InChI is InChI=1S/C13H14N6S/c1-18-8-6-15-11(18)4-7-19-12(16-17-13(19)20)10-3-2-5-14-9-10/h2-3,5-6,8-9H,4,7H2,1H3,(H,17,20). The summed E-state index contributed by atoms with van der Waals surface area (Å²) in [6.07, 6.45) is 8.05. The SMILES string of the molecule is Cn1ccnc1CCn1c(-c2cccnc2)n[nH]c1=S. The number of hydrogen-bond acceptors (Lipinski definition) is 4. The molecule has 7 heteroatoms. The molecule has 0 saturated carbocycles. The third-order valence-corrected chi connectivity index (χ3v) is 3.47. The summed E-state index contributed by atoms with van der Waals surface area (Å²) in [5.74, 6) is 1.82. The van der Waals surface area contributed by atoms with E-state index in [4.69, 9.17) is 12.2 Å². The second-order valence-electron chi connectivity index (χ2n) is 4.45. The average molecular weight is 286 g/mol. The molecule has 0 fully saturated rings. The van der Waals surface area contributed by atoms with Crippen molar-refractivity contribution < 1.29 is 0 Å². The summed E-state index contributed by atoms with van der Waals surface area (Å²) in [4.78, 5) is 8.44. The van der Waals surface area contributed by atoms with Crippen molar-refractivity contribution in [1.82, 2.24) is 29.3 Å². The zero-order chi connectivity index (χ0) is 13.9. The van der Waals surface area contributed by atoms with Crippen molar-refractivity contribution in [2.75, 3.05) is 0 Å². The third kappa shape index (κ3) is 2.39. The van der Waals surface area contributed by atoms with Crippen LogP contribution >= 0.6 is 12.2 Å². The number of aryl methyl sites for hydroxylation is 2. The number of aromatic amines is 1. The van der Waals surface area contributed by atoms with E-state index < -0.39 is 0 Å². The second-order valence-corrected chi connectivity index (χ2v) is 4.84. The van der Waals surface area contributed by atoms with Gasteiger partial charge >= 0.3 is 0 Å². The van der Waals surface area contributed by atoms with E-state index in [1.54, 1.807) is 18.6 Å². The Kier molecular flexibility index (Phi) is 3.42. The molecule has 0 unspecified atom stereocenters. The highest BCUT2D eigenvalue weighted by atomic mass is 32.1. The van der Waals surface area contributed by atoms with E-state index in [-0.39, 0.29) is 0 Å². The molecule has 0 aromatic carbocycles. The van der Waals surface area contributed by atoms with Crippen molar-refractivity contribution in [2.45, 2.75) is 13.0 Å². The number of nitrogens with one attached hydrogen (secondary N) is 1. The van der Waals surface area contributed by atoms with E-state index in [1.165, 1.54) is 0 Å². The highest BCUT2D eigenvalue weighted by molar-refractivity contribution is 7.71. The van der Waals surface area contributed by atoms with E-state index in [0.29, 0.717) is 4.77 Å². The molecule has 1 N–H and O–H groups in total. The van der Waals surface area contributed by atoms with Crippen LogP contribution < -0.4 is 0 Å². The molecule has 3 aromatic heterocycles. The van der Waals surface area contributed by atoms with Crippen LogP contribution in [0, 0.1) is 4.77 Å². The van der Waals surface area contributed by atoms with E-state index >= 15 is 0 Å². The topological polar surface area (TPSA) is 64.3 Å². The van der Waals surface area contributed by atoms with Gasteiger partial charge in [0.25, 0.3) is 0 Å². The summed E-state index contributed by atoms with van der Waals surface area (Å²) in [6, 6.07) is 3.85. The molecule has 0 amide bonds. The van der Waals surface area contributed by atoms with Gasteiger partial charge in [-0.1, -0.05) is 0 Å². The number of H-pyrrole nitrogens is 1. The molecule has 0 spiro atoms. The lowest BCUT2D eigenvalue weighted by atomic mass is 10.2. The molecule has 0 aliphatic carbocycles. The van der Waals surface area contributed by atoms with Crippen LogP contribution in [0.25, 0.3) is 11.4 Å². The summed E-state index contributed by atoms with van der Waals surface area (Å²) >= 11 is 5.30. The van der Waals surface area contributed by atoms with Crippen LogP contribution in [0.4, 0.5) is 0 Å². The third-order valence-electron chi connectivity index (χ3n) is 3.16. The zero-order valence-electron chi connectivity index (χ0n) is 11.0. The van der Waals surface area contributed by atoms with Gasteiger partial charge in [-0.05, 0) is 24.4 Å². The number of nitrogens with zero attached hydrogens (tertiary/aromatic N) is 5. The van der Waals surface area contributed by atoms with E-state index in [1.807, 2.05) is 34.5 Å². The molecular weight excluding hydrogens is 272 g/mol. The molecule has 0 bridgehead atoms. The summed E-state index contributed by atoms with van der Waals surface area (Å²) in [6.45, 7) is 0.727. The maximum Gasteiger partial charge on any atom is 0.195 e. The zero-order valence-corrected chi connectivity index (χ0v) is 11.8. The summed E-state index contributed by atoms with van der Waals surface area (Å²) < 4.78 is 4.59. The van der Waals surface area contributed by atoms with Crippen LogP contribution in [0.5, 0.6) is 0 Å². The molecule has 3 aromatic rings. The van der Waals surface area contributed by atoms with Crippen LogP contribution in [0.1, 0.15) is 5.82 Å². The molecule has 0 saturated heterocycles. The van der Waals surface area contributed by atoms with E-state index in [2.05, 4.69) is 20.2 Å². The number of imidazole rings is 1. The highest BCUT2D eigenvalue weighted by Crippen LogP contribution is 2.16. The fourth-order valence-electron chi connectivity index (χ4n) is 2.09. The van der Waals surface area contributed by atoms with E-state index in [9.17, 15) is 0 Å². The number of rotatable bonds is 4. The first-order valence-electron chi connectivity index (χ1n) is 6.27. The lowest BCUT2D eigenvalue weighted by Gasteiger charge is -2.06. The Labute approximate surface area is 121 Å². The Morgan fingerprint density at radius 2 is 2.25 bits per heavy atom. The largest absolute Gasteiger partial charge is 0.338 e. The molecule has 0 aliphatic rings. The molecule has 3 rings (SSSR count). The first kappa shape index (κ1) is 12.7. The Hall–Kier alpha value is -2.28. The van der Waals surface area contributed by atoms with Crippen LogP contribution in [0.2, 0.25) is 0 Å². The number of aromatic nitrogens is 6. The fraction of sp³-hybridized carbons (Fsp3) is 0.231. The minimum atomic E-state index is 0.609. The molecule has 3 heterocycles. The summed E-state index contributed by atoms with van der Waals surface area (Å²) in [7, 11) is 1.99. The first-order chi connectivity index (χ1) is 9.75. The Morgan fingerprint density at radius 3 is 2.95 bits per heavy atom. The molecule has 0 radical (unpaired) electrons. The van der Waals surface area contributed by atoms with Crippen LogP contribution in [0.3, 0.4) is 0 Å². The number of pyridine rings is 1. The predicted octanol–water partition coefficient (Wildman–Crippen LogP) is 1.98. The van der Waals surface area contributed by atoms with Crippen molar-refractivity contribution in [3.8, 4) is 11.4 Å². The van der Waals surface area contributed by atoms with Crippen molar-refractivity contribution in [3.05, 3.63) is 47.5 Å². The van der Waals surface area contributed by atoms with Gasteiger partial charge in [0, 0.05) is 50.4 Å². The van der Waals surface area contributed by atoms with Gasteiger partial charge in [-0.2, -0.15) is 5.10 Å². The van der Waals surface area contributed by atoms with E-state index in [0.717, 1.165) is 30.2 Å². The molecule has 0 atom stereocenters. The monoisotopic (exact) mass is 286 g/mol. The van der Waals surface area contributed by atoms with Crippen LogP contribution in [-0.2, 0) is 20.0 Å². The van der Waals surface area contributed by atoms with Crippen molar-refractivity contribution in [2.24, 2.45) is 7.05 Å². The van der Waals surface area contributed by atoms with Crippen molar-refractivity contribution in [1.29, 1.82) is 0 Å². The van der Waals surface area contributed by atoms with Gasteiger partial charge in [0.1, 0.15) is 5.82 Å². The molecular formula is C13H14N6S. The quantitative estimate of drug-likeness (QED) is 0.745. The normalized spacial score (nSPS) is 10.8. The van der Waals surface area contributed by atoms with Crippen LogP contribution in [-0.4, -0.2) is 29.3 Å². The van der Waals surface area contributed by atoms with Gasteiger partial charge in [0.05, 0.1) is 0 Å². The Bertz CT molecular complexity index is 755. The molecule has 6 nitrogen and oxygen atoms in total. The second kappa shape index (κ2) is 5.38. The number of hydrogen-bond donors (Lipinski definition) is 1. The first-order valence-corrected chi connectivity index (χ1v) is 6.68. The smallest absolute Gasteiger partial charge is 0.195 e. The predicted molar refractivity (Wildman–Crippen MR) is 77.6 cm³/mol. The molecule has 102 valence electrons. The minimum absolute atomic E-state index is 0.609. The van der Waals surface area contributed by atoms with Gasteiger partial charge in [-0.25, -0.2) is 4.98 Å². The van der Waals surface area contributed by atoms with Gasteiger partial charge < -0.3 is 4.57 Å². The van der Waals surface area contributed by atoms with Gasteiger partial charge in [-0.3, -0.25) is 14.6 Å². The van der Waals surface area contributed by atoms with Crippen molar-refractivity contribution >= 4 is 12.2 Å². The molecule has 0 aliphatic heterocycles. The maximum absolute atomic E-state index is 5.30. The van der Waals surface area contributed by atoms with Gasteiger partial charge in [0.15, 0.2) is 10.6 Å². The lowest BCUT2D eigenvalue weighted by molar-refractivity contribution is 0.647. The maximum atomic E-state index is 5.30. The fourth-order valence-corrected chi connectivity index (χ4v) is 2.31. The lowest BCUT2D eigenvalue weighted by Crippen LogP contribution is -2.07.